The first kappa shape index (κ1) is 17.1. The van der Waals surface area contributed by atoms with Crippen LogP contribution in [0.25, 0.3) is 0 Å². The number of aryl methyl sites for hydroxylation is 1. The van der Waals surface area contributed by atoms with Crippen molar-refractivity contribution in [3.05, 3.63) is 46.7 Å². The third-order valence-electron chi connectivity index (χ3n) is 3.28. The Morgan fingerprint density at radius 1 is 1.36 bits per heavy atom. The fourth-order valence-electron chi connectivity index (χ4n) is 1.76. The van der Waals surface area contributed by atoms with Crippen LogP contribution < -0.4 is 0 Å². The monoisotopic (exact) mass is 388 g/mol. The molecule has 0 aliphatic heterocycles. The van der Waals surface area contributed by atoms with Gasteiger partial charge in [0.2, 0.25) is 0 Å². The first-order valence-electron chi connectivity index (χ1n) is 6.54. The number of nitrogens with zero attached hydrogens (tertiary/aromatic N) is 2. The minimum absolute atomic E-state index is 0.0834. The maximum absolute atomic E-state index is 12.2. The molecule has 0 radical (unpaired) electrons. The van der Waals surface area contributed by atoms with Crippen molar-refractivity contribution in [3.8, 4) is 0 Å². The molecule has 22 heavy (non-hydrogen) atoms. The lowest BCUT2D eigenvalue weighted by Crippen LogP contribution is -2.40. The zero-order chi connectivity index (χ0) is 16.4. The van der Waals surface area contributed by atoms with E-state index in [-0.39, 0.29) is 18.1 Å². The Morgan fingerprint density at radius 2 is 2.00 bits per heavy atom. The zero-order valence-electron chi connectivity index (χ0n) is 12.2. The lowest BCUT2D eigenvalue weighted by Gasteiger charge is -2.27. The molecule has 120 valence electrons. The average Bonchev–Trinajstić information content (AvgIpc) is 2.92. The molecule has 1 heterocycles. The number of halogens is 1. The molecule has 0 amide bonds. The van der Waals surface area contributed by atoms with Gasteiger partial charge in [-0.2, -0.15) is 13.5 Å². The molecule has 0 saturated carbocycles. The molecule has 6 nitrogen and oxygen atoms in total. The number of hydrogen-bond acceptors (Lipinski definition) is 5. The predicted molar refractivity (Wildman–Crippen MR) is 85.0 cm³/mol. The van der Waals surface area contributed by atoms with Gasteiger partial charge in [-0.3, -0.25) is 8.86 Å². The van der Waals surface area contributed by atoms with Crippen LogP contribution >= 0.6 is 15.9 Å². The van der Waals surface area contributed by atoms with Gasteiger partial charge in [0, 0.05) is 6.20 Å². The minimum atomic E-state index is -3.89. The van der Waals surface area contributed by atoms with Gasteiger partial charge in [-0.15, -0.1) is 0 Å². The lowest BCUT2D eigenvalue weighted by molar-refractivity contribution is 0.0818. The number of aromatic nitrogens is 2. The molecule has 1 aromatic carbocycles. The molecule has 0 spiro atoms. The summed E-state index contributed by atoms with van der Waals surface area (Å²) in [6, 6.07) is 6.38. The first-order chi connectivity index (χ1) is 10.3. The normalized spacial score (nSPS) is 14.7. The highest BCUT2D eigenvalue weighted by molar-refractivity contribution is 9.10. The van der Waals surface area contributed by atoms with Crippen LogP contribution in [-0.4, -0.2) is 36.5 Å². The second kappa shape index (κ2) is 6.49. The van der Waals surface area contributed by atoms with Crippen molar-refractivity contribution < 1.29 is 17.7 Å². The van der Waals surface area contributed by atoms with E-state index in [9.17, 15) is 13.5 Å². The summed E-state index contributed by atoms with van der Waals surface area (Å²) in [7, 11) is -3.89. The molecule has 1 unspecified atom stereocenters. The van der Waals surface area contributed by atoms with Crippen LogP contribution in [0, 0.1) is 6.92 Å². The maximum Gasteiger partial charge on any atom is 0.297 e. The van der Waals surface area contributed by atoms with E-state index in [0.717, 1.165) is 10.0 Å². The molecule has 2 aromatic rings. The van der Waals surface area contributed by atoms with Gasteiger partial charge < -0.3 is 5.11 Å². The Bertz CT molecular complexity index is 742. The van der Waals surface area contributed by atoms with E-state index in [2.05, 4.69) is 21.0 Å². The third-order valence-corrected chi connectivity index (χ3v) is 4.97. The molecule has 0 fully saturated rings. The molecular weight excluding hydrogens is 372 g/mol. The largest absolute Gasteiger partial charge is 0.394 e. The number of benzene rings is 1. The number of aliphatic hydroxyl groups excluding tert-OH is 1. The second-order valence-electron chi connectivity index (χ2n) is 5.29. The van der Waals surface area contributed by atoms with Crippen molar-refractivity contribution in [2.45, 2.75) is 24.3 Å². The first-order valence-corrected chi connectivity index (χ1v) is 8.75. The topological polar surface area (TPSA) is 81.4 Å². The van der Waals surface area contributed by atoms with Gasteiger partial charge in [0.25, 0.3) is 10.1 Å². The molecule has 0 aliphatic rings. The third kappa shape index (κ3) is 3.75. The van der Waals surface area contributed by atoms with Gasteiger partial charge in [0.1, 0.15) is 5.54 Å². The quantitative estimate of drug-likeness (QED) is 0.765. The lowest BCUT2D eigenvalue weighted by atomic mass is 10.1. The standard InChI is InChI=1S/C14H17BrN2O4S/c1-11-3-5-13(6-4-11)22(19,20)21-10-14(2,9-18)17-8-12(15)7-16-17/h3-8,18H,9-10H2,1-2H3. The Kier molecular flexibility index (Phi) is 5.06. The minimum Gasteiger partial charge on any atom is -0.394 e. The molecule has 1 atom stereocenters. The summed E-state index contributed by atoms with van der Waals surface area (Å²) in [5, 5.41) is 13.7. The second-order valence-corrected chi connectivity index (χ2v) is 7.82. The zero-order valence-corrected chi connectivity index (χ0v) is 14.6. The summed E-state index contributed by atoms with van der Waals surface area (Å²) in [5.74, 6) is 0. The Labute approximate surface area is 138 Å². The summed E-state index contributed by atoms with van der Waals surface area (Å²) in [6.07, 6.45) is 3.21. The molecule has 1 aromatic heterocycles. The average molecular weight is 389 g/mol. The van der Waals surface area contributed by atoms with Gasteiger partial charge in [-0.25, -0.2) is 0 Å². The molecule has 8 heteroatoms. The Balaban J connectivity index is 2.17. The van der Waals surface area contributed by atoms with Crippen molar-refractivity contribution in [1.29, 1.82) is 0 Å². The van der Waals surface area contributed by atoms with Crippen LogP contribution in [0.5, 0.6) is 0 Å². The number of aliphatic hydroxyl groups is 1. The summed E-state index contributed by atoms with van der Waals surface area (Å²) >= 11 is 3.26. The fraction of sp³-hybridized carbons (Fsp3) is 0.357. The van der Waals surface area contributed by atoms with Gasteiger partial charge in [-0.1, -0.05) is 17.7 Å². The van der Waals surface area contributed by atoms with Crippen molar-refractivity contribution in [3.63, 3.8) is 0 Å². The van der Waals surface area contributed by atoms with Crippen molar-refractivity contribution >= 4 is 26.0 Å². The number of hydrogen-bond donors (Lipinski definition) is 1. The fourth-order valence-corrected chi connectivity index (χ4v) is 3.06. The van der Waals surface area contributed by atoms with E-state index in [1.54, 1.807) is 31.5 Å². The molecular formula is C14H17BrN2O4S. The van der Waals surface area contributed by atoms with Gasteiger partial charge in [0.05, 0.1) is 28.8 Å². The van der Waals surface area contributed by atoms with Crippen molar-refractivity contribution in [2.75, 3.05) is 13.2 Å². The molecule has 1 N–H and O–H groups in total. The van der Waals surface area contributed by atoms with Crippen LogP contribution in [0.4, 0.5) is 0 Å². The van der Waals surface area contributed by atoms with E-state index < -0.39 is 15.7 Å². The summed E-state index contributed by atoms with van der Waals surface area (Å²) in [4.78, 5) is 0.0834. The summed E-state index contributed by atoms with van der Waals surface area (Å²) < 4.78 is 31.7. The van der Waals surface area contributed by atoms with E-state index in [1.165, 1.54) is 16.8 Å². The van der Waals surface area contributed by atoms with Gasteiger partial charge >= 0.3 is 0 Å². The van der Waals surface area contributed by atoms with Crippen LogP contribution in [0.15, 0.2) is 46.0 Å². The Morgan fingerprint density at radius 3 is 2.50 bits per heavy atom. The molecule has 0 bridgehead atoms. The van der Waals surface area contributed by atoms with Crippen LogP contribution in [0.3, 0.4) is 0 Å². The van der Waals surface area contributed by atoms with Crippen molar-refractivity contribution in [1.82, 2.24) is 9.78 Å². The molecule has 0 aliphatic carbocycles. The summed E-state index contributed by atoms with van der Waals surface area (Å²) in [6.45, 7) is 2.99. The SMILES string of the molecule is Cc1ccc(S(=O)(=O)OCC(C)(CO)n2cc(Br)cn2)cc1. The van der Waals surface area contributed by atoms with Crippen LogP contribution in [0.2, 0.25) is 0 Å². The Hall–Kier alpha value is -1.22. The predicted octanol–water partition coefficient (Wildman–Crippen LogP) is 2.07. The van der Waals surface area contributed by atoms with Crippen LogP contribution in [0.1, 0.15) is 12.5 Å². The summed E-state index contributed by atoms with van der Waals surface area (Å²) in [5.41, 5.74) is -0.0235. The van der Waals surface area contributed by atoms with Crippen molar-refractivity contribution in [2.24, 2.45) is 0 Å². The molecule has 0 saturated heterocycles. The highest BCUT2D eigenvalue weighted by atomic mass is 79.9. The van der Waals surface area contributed by atoms with Gasteiger partial charge in [0.15, 0.2) is 0 Å². The molecule has 2 rings (SSSR count). The van der Waals surface area contributed by atoms with Gasteiger partial charge in [-0.05, 0) is 41.9 Å². The van der Waals surface area contributed by atoms with E-state index in [1.807, 2.05) is 6.92 Å². The van der Waals surface area contributed by atoms with Crippen LogP contribution in [-0.2, 0) is 19.8 Å². The highest BCUT2D eigenvalue weighted by Crippen LogP contribution is 2.21. The van der Waals surface area contributed by atoms with E-state index in [0.29, 0.717) is 0 Å². The van der Waals surface area contributed by atoms with E-state index >= 15 is 0 Å². The smallest absolute Gasteiger partial charge is 0.297 e. The number of rotatable bonds is 6. The highest BCUT2D eigenvalue weighted by Gasteiger charge is 2.30. The van der Waals surface area contributed by atoms with E-state index in [4.69, 9.17) is 4.18 Å². The maximum atomic E-state index is 12.2.